The third-order valence-corrected chi connectivity index (χ3v) is 12.8. The zero-order chi connectivity index (χ0) is 29.8. The van der Waals surface area contributed by atoms with Gasteiger partial charge in [0.15, 0.2) is 5.75 Å². The number of aliphatic imine (C=N–C) groups is 1. The fraction of sp³-hybridized carbons (Fsp3) is 0.306. The minimum Gasteiger partial charge on any atom is -0.398 e. The van der Waals surface area contributed by atoms with Crippen LogP contribution < -0.4 is 24.4 Å². The molecule has 1 N–H and O–H groups in total. The van der Waals surface area contributed by atoms with Gasteiger partial charge in [-0.05, 0) is 72.7 Å². The monoisotopic (exact) mass is 677 g/mol. The van der Waals surface area contributed by atoms with Gasteiger partial charge in [-0.2, -0.15) is 0 Å². The second-order valence-corrected chi connectivity index (χ2v) is 17.3. The van der Waals surface area contributed by atoms with Gasteiger partial charge in [0, 0.05) is 17.3 Å². The first-order chi connectivity index (χ1) is 19.4. The summed E-state index contributed by atoms with van der Waals surface area (Å²) in [6.45, 7) is 18.2. The Morgan fingerprint density at radius 1 is 0.756 bits per heavy atom. The first-order valence-electron chi connectivity index (χ1n) is 14.3. The lowest BCUT2D eigenvalue weighted by Gasteiger charge is -2.32. The van der Waals surface area contributed by atoms with Crippen molar-refractivity contribution in [2.75, 3.05) is 0 Å². The number of nitrogens with one attached hydrogen (secondary N) is 1. The SMILES string of the molecule is CC(C)[P+](c1ccccc1)(c1ccccc1)c1ccccc1N=Cc1cc(C(C)(C)C)cc(C(C)(C)C)c1ONI. The van der Waals surface area contributed by atoms with Gasteiger partial charge in [-0.1, -0.05) is 99.8 Å². The molecule has 0 aromatic heterocycles. The molecule has 4 aromatic carbocycles. The van der Waals surface area contributed by atoms with E-state index in [4.69, 9.17) is 9.83 Å². The van der Waals surface area contributed by atoms with E-state index in [0.29, 0.717) is 5.66 Å². The molecule has 4 rings (SSSR count). The van der Waals surface area contributed by atoms with Crippen molar-refractivity contribution in [1.29, 1.82) is 0 Å². The number of benzene rings is 4. The van der Waals surface area contributed by atoms with Gasteiger partial charge in [0.1, 0.15) is 28.9 Å². The maximum Gasteiger partial charge on any atom is 0.160 e. The number of halogens is 1. The van der Waals surface area contributed by atoms with E-state index < -0.39 is 7.26 Å². The third-order valence-electron chi connectivity index (χ3n) is 7.64. The van der Waals surface area contributed by atoms with Gasteiger partial charge >= 0.3 is 0 Å². The fourth-order valence-electron chi connectivity index (χ4n) is 5.53. The van der Waals surface area contributed by atoms with Crippen LogP contribution in [0.25, 0.3) is 0 Å². The van der Waals surface area contributed by atoms with E-state index in [-0.39, 0.29) is 10.8 Å². The van der Waals surface area contributed by atoms with Gasteiger partial charge in [0.2, 0.25) is 0 Å². The van der Waals surface area contributed by atoms with Gasteiger partial charge in [-0.15, -0.1) is 0 Å². The molecule has 0 heterocycles. The van der Waals surface area contributed by atoms with Gasteiger partial charge in [0.05, 0.1) is 28.5 Å². The molecule has 0 fully saturated rings. The van der Waals surface area contributed by atoms with Crippen LogP contribution in [0.15, 0.2) is 102 Å². The molecule has 0 aliphatic rings. The number of nitrogens with zero attached hydrogens (tertiary/aromatic N) is 1. The first kappa shape index (κ1) is 31.4. The standard InChI is InChI=1S/C36H43IN2OP/c1-26(2)41(29-17-11-9-12-18-29,30-19-13-10-14-20-30)33-22-16-15-21-32(33)38-25-27-23-28(35(3,4)5)24-31(36(6,7)8)34(27)40-39-37/h9-26,39H,1-8H3/q+1. The summed E-state index contributed by atoms with van der Waals surface area (Å²) in [5.41, 5.74) is 4.63. The molecule has 0 radical (unpaired) electrons. The summed E-state index contributed by atoms with van der Waals surface area (Å²) in [6.07, 6.45) is 2.00. The van der Waals surface area contributed by atoms with Crippen LogP contribution in [-0.4, -0.2) is 11.9 Å². The molecule has 0 amide bonds. The van der Waals surface area contributed by atoms with Crippen molar-refractivity contribution in [3.63, 3.8) is 0 Å². The smallest absolute Gasteiger partial charge is 0.160 e. The van der Waals surface area contributed by atoms with Gasteiger partial charge in [0.25, 0.3) is 0 Å². The van der Waals surface area contributed by atoms with Crippen LogP contribution in [-0.2, 0) is 10.8 Å². The molecule has 214 valence electrons. The Labute approximate surface area is 261 Å². The van der Waals surface area contributed by atoms with E-state index in [2.05, 4.69) is 156 Å². The molecular weight excluding hydrogens is 634 g/mol. The average Bonchev–Trinajstić information content (AvgIpc) is 2.93. The summed E-state index contributed by atoms with van der Waals surface area (Å²) in [7, 11) is -2.04. The lowest BCUT2D eigenvalue weighted by Crippen LogP contribution is -2.36. The predicted octanol–water partition coefficient (Wildman–Crippen LogP) is 8.97. The number of hydrogen-bond acceptors (Lipinski definition) is 3. The van der Waals surface area contributed by atoms with Crippen molar-refractivity contribution in [2.24, 2.45) is 4.99 Å². The molecule has 0 saturated heterocycles. The molecule has 0 atom stereocenters. The average molecular weight is 678 g/mol. The molecule has 3 nitrogen and oxygen atoms in total. The Kier molecular flexibility index (Phi) is 9.78. The highest BCUT2D eigenvalue weighted by atomic mass is 127. The van der Waals surface area contributed by atoms with Crippen LogP contribution in [0.2, 0.25) is 0 Å². The highest BCUT2D eigenvalue weighted by Gasteiger charge is 2.49. The van der Waals surface area contributed by atoms with Crippen LogP contribution in [0.5, 0.6) is 5.75 Å². The third kappa shape index (κ3) is 6.61. The maximum absolute atomic E-state index is 6.08. The lowest BCUT2D eigenvalue weighted by atomic mass is 9.79. The Bertz CT molecular complexity index is 1450. The molecular formula is C36H43IN2OP+. The van der Waals surface area contributed by atoms with Gasteiger partial charge in [-0.25, -0.2) is 0 Å². The Morgan fingerprint density at radius 2 is 1.29 bits per heavy atom. The van der Waals surface area contributed by atoms with Crippen LogP contribution in [0, 0.1) is 0 Å². The second kappa shape index (κ2) is 12.8. The molecule has 0 aliphatic heterocycles. The Hall–Kier alpha value is -2.53. The minimum absolute atomic E-state index is 0.0181. The highest BCUT2D eigenvalue weighted by Crippen LogP contribution is 2.61. The highest BCUT2D eigenvalue weighted by molar-refractivity contribution is 14.1. The van der Waals surface area contributed by atoms with E-state index >= 15 is 0 Å². The molecule has 5 heteroatoms. The first-order valence-corrected chi connectivity index (χ1v) is 17.2. The second-order valence-electron chi connectivity index (χ2n) is 12.9. The summed E-state index contributed by atoms with van der Waals surface area (Å²) in [5.74, 6) is 0.817. The molecule has 0 aliphatic carbocycles. The van der Waals surface area contributed by atoms with Crippen molar-refractivity contribution in [3.05, 3.63) is 114 Å². The molecule has 0 saturated carbocycles. The lowest BCUT2D eigenvalue weighted by molar-refractivity contribution is 0.292. The molecule has 0 unspecified atom stereocenters. The van der Waals surface area contributed by atoms with Crippen molar-refractivity contribution >= 4 is 57.9 Å². The summed E-state index contributed by atoms with van der Waals surface area (Å²) in [6, 6.07) is 35.2. The molecule has 0 spiro atoms. The van der Waals surface area contributed by atoms with E-state index in [9.17, 15) is 0 Å². The fourth-order valence-corrected chi connectivity index (χ4v) is 10.5. The van der Waals surface area contributed by atoms with Crippen LogP contribution in [0.4, 0.5) is 5.69 Å². The van der Waals surface area contributed by atoms with Crippen molar-refractivity contribution in [3.8, 4) is 5.75 Å². The predicted molar refractivity (Wildman–Crippen MR) is 189 cm³/mol. The van der Waals surface area contributed by atoms with Gasteiger partial charge in [-0.3, -0.25) is 4.99 Å². The number of para-hydroxylation sites is 1. The van der Waals surface area contributed by atoms with E-state index in [0.717, 1.165) is 22.6 Å². The summed E-state index contributed by atoms with van der Waals surface area (Å²) in [5, 5.41) is 4.03. The quantitative estimate of drug-likeness (QED) is 0.0665. The zero-order valence-electron chi connectivity index (χ0n) is 25.6. The number of rotatable bonds is 8. The van der Waals surface area contributed by atoms with Crippen LogP contribution >= 0.6 is 30.1 Å². The summed E-state index contributed by atoms with van der Waals surface area (Å²) in [4.78, 5) is 11.3. The summed E-state index contributed by atoms with van der Waals surface area (Å²) < 4.78 is 2.90. The largest absolute Gasteiger partial charge is 0.398 e. The zero-order valence-corrected chi connectivity index (χ0v) is 28.6. The molecule has 41 heavy (non-hydrogen) atoms. The van der Waals surface area contributed by atoms with Crippen molar-refractivity contribution < 1.29 is 4.84 Å². The Morgan fingerprint density at radius 3 is 1.78 bits per heavy atom. The minimum atomic E-state index is -2.04. The number of hydrogen-bond donors (Lipinski definition) is 1. The maximum atomic E-state index is 6.08. The van der Waals surface area contributed by atoms with Crippen molar-refractivity contribution in [1.82, 2.24) is 3.69 Å². The van der Waals surface area contributed by atoms with E-state index in [1.165, 1.54) is 21.5 Å². The van der Waals surface area contributed by atoms with Crippen LogP contribution in [0.3, 0.4) is 0 Å². The van der Waals surface area contributed by atoms with E-state index in [1.54, 1.807) is 0 Å². The topological polar surface area (TPSA) is 33.6 Å². The summed E-state index contributed by atoms with van der Waals surface area (Å²) >= 11 is 2.04. The van der Waals surface area contributed by atoms with Gasteiger partial charge < -0.3 is 4.84 Å². The van der Waals surface area contributed by atoms with Crippen LogP contribution in [0.1, 0.15) is 72.1 Å². The van der Waals surface area contributed by atoms with Crippen molar-refractivity contribution in [2.45, 2.75) is 71.9 Å². The molecule has 4 aromatic rings. The Balaban J connectivity index is 1.99. The normalized spacial score (nSPS) is 12.7. The molecule has 0 bridgehead atoms. The van der Waals surface area contributed by atoms with E-state index in [1.807, 2.05) is 29.1 Å².